The maximum Gasteiger partial charge on any atom is 0.301 e. The van der Waals surface area contributed by atoms with Crippen LogP contribution in [-0.2, 0) is 21.5 Å². The van der Waals surface area contributed by atoms with Gasteiger partial charge in [0, 0.05) is 110 Å². The zero-order valence-corrected chi connectivity index (χ0v) is 36.4. The highest BCUT2D eigenvalue weighted by atomic mass is 32.2. The van der Waals surface area contributed by atoms with E-state index in [1.165, 1.54) is 6.20 Å². The second-order valence-corrected chi connectivity index (χ2v) is 19.3. The Labute approximate surface area is 374 Å². The molecule has 10 rings (SSSR count). The quantitative estimate of drug-likeness (QED) is 0.131. The summed E-state index contributed by atoms with van der Waals surface area (Å²) in [7, 11) is -4.35. The minimum absolute atomic E-state index is 0.00650. The van der Waals surface area contributed by atoms with E-state index in [0.717, 1.165) is 91.2 Å². The maximum absolute atomic E-state index is 15.8. The van der Waals surface area contributed by atoms with Crippen molar-refractivity contribution in [1.29, 1.82) is 0 Å². The summed E-state index contributed by atoms with van der Waals surface area (Å²) in [5.74, 6) is -3.19. The number of rotatable bonds is 12. The van der Waals surface area contributed by atoms with Gasteiger partial charge in [0.05, 0.1) is 11.3 Å². The number of hydrogen-bond donors (Lipinski definition) is 3. The lowest BCUT2D eigenvalue weighted by Gasteiger charge is -2.43. The number of aromatic nitrogens is 2. The third-order valence-electron chi connectivity index (χ3n) is 13.5. The summed E-state index contributed by atoms with van der Waals surface area (Å²) in [6.45, 7) is 10.4. The van der Waals surface area contributed by atoms with Crippen LogP contribution < -0.4 is 19.8 Å². The number of nitrogens with zero attached hydrogens (tertiary/aromatic N) is 6. The fourth-order valence-corrected chi connectivity index (χ4v) is 11.0. The van der Waals surface area contributed by atoms with Crippen molar-refractivity contribution < 1.29 is 36.0 Å². The number of halogens is 3. The van der Waals surface area contributed by atoms with Gasteiger partial charge in [0.2, 0.25) is 11.7 Å². The van der Waals surface area contributed by atoms with E-state index in [-0.39, 0.29) is 36.9 Å². The number of piperazine rings is 1. The maximum atomic E-state index is 15.8. The zero-order chi connectivity index (χ0) is 45.1. The molecule has 65 heavy (non-hydrogen) atoms. The molecule has 18 heteroatoms. The van der Waals surface area contributed by atoms with E-state index in [0.29, 0.717) is 53.2 Å². The summed E-state index contributed by atoms with van der Waals surface area (Å²) in [4.78, 5) is 55.8. The van der Waals surface area contributed by atoms with Gasteiger partial charge in [-0.25, -0.2) is 18.2 Å². The number of ketones is 1. The third kappa shape index (κ3) is 8.23. The van der Waals surface area contributed by atoms with E-state index < -0.39 is 51.1 Å². The fraction of sp³-hybridized carbons (Fsp3) is 0.362. The van der Waals surface area contributed by atoms with Crippen molar-refractivity contribution in [3.63, 3.8) is 0 Å². The van der Waals surface area contributed by atoms with Crippen LogP contribution in [0.2, 0.25) is 0 Å². The molecule has 2 atom stereocenters. The number of nitrogens with one attached hydrogen (secondary N) is 3. The van der Waals surface area contributed by atoms with E-state index in [1.807, 2.05) is 41.1 Å². The first kappa shape index (κ1) is 42.7. The number of carbonyl (C=O) groups is 3. The molecule has 5 aliphatic heterocycles. The number of allylic oxidation sites excluding steroid dienone is 1. The Balaban J connectivity index is 0.719. The molecule has 2 amide bonds. The number of aromatic amines is 1. The summed E-state index contributed by atoms with van der Waals surface area (Å²) < 4.78 is 73.1. The molecule has 4 saturated heterocycles. The molecule has 0 spiro atoms. The van der Waals surface area contributed by atoms with Crippen molar-refractivity contribution in [3.05, 3.63) is 119 Å². The van der Waals surface area contributed by atoms with Gasteiger partial charge in [-0.1, -0.05) is 18.7 Å². The van der Waals surface area contributed by atoms with Crippen molar-refractivity contribution in [2.24, 2.45) is 5.92 Å². The van der Waals surface area contributed by atoms with Crippen LogP contribution in [0.4, 0.5) is 30.2 Å². The van der Waals surface area contributed by atoms with Crippen LogP contribution >= 0.6 is 0 Å². The average molecular weight is 908 g/mol. The highest BCUT2D eigenvalue weighted by molar-refractivity contribution is 7.90. The summed E-state index contributed by atoms with van der Waals surface area (Å²) >= 11 is 0. The second kappa shape index (κ2) is 17.0. The molecule has 2 aromatic heterocycles. The van der Waals surface area contributed by atoms with Gasteiger partial charge < -0.3 is 25.0 Å². The summed E-state index contributed by atoms with van der Waals surface area (Å²) in [5, 5.41) is 3.14. The van der Waals surface area contributed by atoms with Gasteiger partial charge in [0.1, 0.15) is 23.7 Å². The van der Waals surface area contributed by atoms with Crippen LogP contribution in [0.5, 0.6) is 0 Å². The van der Waals surface area contributed by atoms with Crippen LogP contribution in [0.25, 0.3) is 22.2 Å². The molecule has 4 fully saturated rings. The number of fused-ring (bicyclic) bond motifs is 2. The van der Waals surface area contributed by atoms with E-state index in [2.05, 4.69) is 42.6 Å². The number of anilines is 3. The lowest BCUT2D eigenvalue weighted by molar-refractivity contribution is -0.126. The number of alkyl halides is 1. The highest BCUT2D eigenvalue weighted by Gasteiger charge is 2.39. The Morgan fingerprint density at radius 1 is 0.892 bits per heavy atom. The molecule has 7 heterocycles. The third-order valence-corrected chi connectivity index (χ3v) is 15.0. The number of benzene rings is 3. The number of amides is 2. The van der Waals surface area contributed by atoms with Crippen LogP contribution in [0.15, 0.2) is 85.3 Å². The standard InChI is InChI=1S/C47H48F3N9O5S/c1-28-2-11-41(46(61)53-28)59-26-32-20-35(7-8-36(32)47(59)62)57-24-29(25-57)12-14-55-16-18-56(19-17-55)34-5-3-30(4-6-34)31-21-37-38(23-52-45(37)51-22-31)44(60)42-39(49)9-10-40(43(42)50)54-65(63,64)58-15-13-33(48)27-58/h3-10,20-23,29,33,41,54H,1-2,11-19,24-27H2,(H,51,52)(H,53,61)/t33-,41?/m1/s1. The van der Waals surface area contributed by atoms with Gasteiger partial charge in [-0.15, -0.1) is 0 Å². The molecular formula is C47H48F3N9O5S. The Morgan fingerprint density at radius 3 is 2.40 bits per heavy atom. The molecule has 0 aliphatic carbocycles. The molecule has 1 unspecified atom stereocenters. The predicted molar refractivity (Wildman–Crippen MR) is 241 cm³/mol. The van der Waals surface area contributed by atoms with E-state index >= 15 is 8.78 Å². The van der Waals surface area contributed by atoms with Crippen molar-refractivity contribution in [3.8, 4) is 11.1 Å². The summed E-state index contributed by atoms with van der Waals surface area (Å²) in [6, 6.07) is 17.1. The van der Waals surface area contributed by atoms with Crippen LogP contribution in [0.1, 0.15) is 57.5 Å². The van der Waals surface area contributed by atoms with Gasteiger partial charge in [-0.2, -0.15) is 12.7 Å². The van der Waals surface area contributed by atoms with E-state index in [4.69, 9.17) is 0 Å². The summed E-state index contributed by atoms with van der Waals surface area (Å²) in [5.41, 5.74) is 4.81. The molecule has 0 radical (unpaired) electrons. The van der Waals surface area contributed by atoms with Gasteiger partial charge in [-0.3, -0.25) is 24.0 Å². The summed E-state index contributed by atoms with van der Waals surface area (Å²) in [6.07, 6.45) is 4.01. The monoisotopic (exact) mass is 907 g/mol. The van der Waals surface area contributed by atoms with Crippen molar-refractivity contribution in [1.82, 2.24) is 29.4 Å². The average Bonchev–Trinajstić information content (AvgIpc) is 4.01. The molecule has 338 valence electrons. The normalized spacial score (nSPS) is 21.0. The number of H-pyrrole nitrogens is 1. The molecule has 5 aliphatic rings. The zero-order valence-electron chi connectivity index (χ0n) is 35.5. The van der Waals surface area contributed by atoms with Crippen LogP contribution in [0.3, 0.4) is 0 Å². The first-order valence-electron chi connectivity index (χ1n) is 22.0. The van der Waals surface area contributed by atoms with Crippen LogP contribution in [-0.4, -0.2) is 121 Å². The molecule has 14 nitrogen and oxygen atoms in total. The number of hydrogen-bond acceptors (Lipinski definition) is 9. The topological polar surface area (TPSA) is 154 Å². The number of carbonyl (C=O) groups excluding carboxylic acids is 3. The molecule has 3 aromatic carbocycles. The van der Waals surface area contributed by atoms with Gasteiger partial charge in [0.25, 0.3) is 5.91 Å². The largest absolute Gasteiger partial charge is 0.371 e. The minimum Gasteiger partial charge on any atom is -0.371 e. The first-order chi connectivity index (χ1) is 31.3. The predicted octanol–water partition coefficient (Wildman–Crippen LogP) is 5.84. The van der Waals surface area contributed by atoms with Crippen molar-refractivity contribution in [2.75, 3.05) is 73.4 Å². The Bertz CT molecular complexity index is 2840. The van der Waals surface area contributed by atoms with Gasteiger partial charge >= 0.3 is 10.2 Å². The lowest BCUT2D eigenvalue weighted by Crippen LogP contribution is -2.50. The van der Waals surface area contributed by atoms with Crippen molar-refractivity contribution in [2.45, 2.75) is 44.4 Å². The van der Waals surface area contributed by atoms with Gasteiger partial charge in [0.15, 0.2) is 5.82 Å². The number of pyridine rings is 1. The Morgan fingerprint density at radius 2 is 1.66 bits per heavy atom. The molecule has 0 saturated carbocycles. The SMILES string of the molecule is C=C1CCC(N2Cc3cc(N4CC(CCN5CCN(c6ccc(-c7cnc8[nH]cc(C(=O)c9c(F)ccc(NS(=O)(=O)N%10CC[C@@H](F)C%10)c9F)c8c7)cc6)CC5)C4)ccc3C2=O)C(=O)N1. The fourth-order valence-electron chi connectivity index (χ4n) is 9.69. The molecular weight excluding hydrogens is 860 g/mol. The molecule has 5 aromatic rings. The Hall–Kier alpha value is -6.24. The highest BCUT2D eigenvalue weighted by Crippen LogP contribution is 2.35. The Kier molecular flexibility index (Phi) is 11.1. The molecule has 0 bridgehead atoms. The smallest absolute Gasteiger partial charge is 0.301 e. The van der Waals surface area contributed by atoms with Crippen molar-refractivity contribution >= 4 is 55.9 Å². The number of piperidine rings is 1. The first-order valence-corrected chi connectivity index (χ1v) is 23.4. The van der Waals surface area contributed by atoms with E-state index in [1.54, 1.807) is 17.2 Å². The minimum atomic E-state index is -4.35. The van der Waals surface area contributed by atoms with Crippen LogP contribution in [0, 0.1) is 17.6 Å². The van der Waals surface area contributed by atoms with E-state index in [9.17, 15) is 27.2 Å². The molecule has 3 N–H and O–H groups in total. The lowest BCUT2D eigenvalue weighted by atomic mass is 9.94. The second-order valence-electron chi connectivity index (χ2n) is 17.6. The van der Waals surface area contributed by atoms with Gasteiger partial charge in [-0.05, 0) is 97.8 Å².